The van der Waals surface area contributed by atoms with E-state index in [4.69, 9.17) is 4.42 Å². The predicted octanol–water partition coefficient (Wildman–Crippen LogP) is 11.5. The fraction of sp³-hybridized carbons (Fsp3) is 0. The van der Waals surface area contributed by atoms with Crippen LogP contribution < -0.4 is 4.90 Å². The van der Waals surface area contributed by atoms with Gasteiger partial charge in [-0.1, -0.05) is 121 Å². The molecule has 0 unspecified atom stereocenters. The normalized spacial score (nSPS) is 11.3. The van der Waals surface area contributed by atoms with Gasteiger partial charge in [0.05, 0.1) is 5.69 Å². The van der Waals surface area contributed by atoms with Gasteiger partial charge < -0.3 is 9.32 Å². The summed E-state index contributed by atoms with van der Waals surface area (Å²) in [6, 6.07) is 57.9. The summed E-state index contributed by atoms with van der Waals surface area (Å²) in [5, 5.41) is 4.55. The molecule has 0 radical (unpaired) electrons. The first-order valence-electron chi connectivity index (χ1n) is 14.3. The van der Waals surface area contributed by atoms with Gasteiger partial charge in [0, 0.05) is 33.1 Å². The summed E-state index contributed by atoms with van der Waals surface area (Å²) in [5.74, 6) is 0. The van der Waals surface area contributed by atoms with Crippen molar-refractivity contribution in [3.8, 4) is 22.3 Å². The van der Waals surface area contributed by atoms with Gasteiger partial charge in [-0.25, -0.2) is 0 Å². The van der Waals surface area contributed by atoms with E-state index in [1.807, 2.05) is 0 Å². The molecular formula is C40H27NO. The second-order valence-electron chi connectivity index (χ2n) is 10.6. The molecule has 198 valence electrons. The van der Waals surface area contributed by atoms with Gasteiger partial charge in [0.1, 0.15) is 11.2 Å². The first-order valence-corrected chi connectivity index (χ1v) is 14.3. The third-order valence-corrected chi connectivity index (χ3v) is 8.07. The van der Waals surface area contributed by atoms with Crippen molar-refractivity contribution in [2.45, 2.75) is 0 Å². The molecule has 0 aliphatic rings. The molecule has 42 heavy (non-hydrogen) atoms. The minimum Gasteiger partial charge on any atom is -0.455 e. The van der Waals surface area contributed by atoms with Crippen LogP contribution in [0.15, 0.2) is 168 Å². The fourth-order valence-corrected chi connectivity index (χ4v) is 6.02. The van der Waals surface area contributed by atoms with Gasteiger partial charge in [-0.15, -0.1) is 0 Å². The molecule has 2 heteroatoms. The Hall–Kier alpha value is -5.60. The van der Waals surface area contributed by atoms with Gasteiger partial charge in [0.15, 0.2) is 0 Å². The Morgan fingerprint density at radius 2 is 1.05 bits per heavy atom. The van der Waals surface area contributed by atoms with E-state index in [1.165, 1.54) is 27.6 Å². The third kappa shape index (κ3) is 4.13. The molecular weight excluding hydrogens is 510 g/mol. The average Bonchev–Trinajstić information content (AvgIpc) is 3.45. The topological polar surface area (TPSA) is 16.4 Å². The minimum absolute atomic E-state index is 0.890. The average molecular weight is 538 g/mol. The molecule has 0 amide bonds. The van der Waals surface area contributed by atoms with Crippen LogP contribution in [-0.4, -0.2) is 0 Å². The Bertz CT molecular complexity index is 2180. The quantitative estimate of drug-likeness (QED) is 0.217. The molecule has 8 aromatic rings. The van der Waals surface area contributed by atoms with E-state index in [2.05, 4.69) is 169 Å². The highest BCUT2D eigenvalue weighted by Gasteiger charge is 2.19. The molecule has 0 fully saturated rings. The van der Waals surface area contributed by atoms with E-state index in [0.29, 0.717) is 0 Å². The van der Waals surface area contributed by atoms with Crippen LogP contribution >= 0.6 is 0 Å². The Kier molecular flexibility index (Phi) is 5.82. The molecule has 0 spiro atoms. The van der Waals surface area contributed by atoms with Crippen LogP contribution in [0.1, 0.15) is 0 Å². The summed E-state index contributed by atoms with van der Waals surface area (Å²) in [6.07, 6.45) is 0. The second kappa shape index (κ2) is 10.1. The largest absolute Gasteiger partial charge is 0.455 e. The highest BCUT2D eigenvalue weighted by Crippen LogP contribution is 2.43. The molecule has 0 saturated heterocycles. The summed E-state index contributed by atoms with van der Waals surface area (Å²) in [6.45, 7) is 0. The molecule has 8 rings (SSSR count). The number of benzene rings is 7. The summed E-state index contributed by atoms with van der Waals surface area (Å²) in [7, 11) is 0. The van der Waals surface area contributed by atoms with Gasteiger partial charge >= 0.3 is 0 Å². The van der Waals surface area contributed by atoms with E-state index < -0.39 is 0 Å². The van der Waals surface area contributed by atoms with Crippen LogP contribution in [0.4, 0.5) is 17.1 Å². The standard InChI is InChI=1S/C40H27NO/c1-3-11-28(12-4-1)29-19-22-32(23-20-29)41(38-18-10-9-16-34(38)30-13-5-2-6-14-30)33-24-26-39-37(27-33)36-25-21-31-15-7-8-17-35(31)40(36)42-39/h1-27H. The van der Waals surface area contributed by atoms with Crippen molar-refractivity contribution in [1.29, 1.82) is 0 Å². The highest BCUT2D eigenvalue weighted by molar-refractivity contribution is 6.15. The smallest absolute Gasteiger partial charge is 0.143 e. The minimum atomic E-state index is 0.890. The molecule has 1 heterocycles. The lowest BCUT2D eigenvalue weighted by Gasteiger charge is -2.28. The summed E-state index contributed by atoms with van der Waals surface area (Å²) < 4.78 is 6.45. The predicted molar refractivity (Wildman–Crippen MR) is 177 cm³/mol. The number of fused-ring (bicyclic) bond motifs is 5. The van der Waals surface area contributed by atoms with Crippen LogP contribution in [0.5, 0.6) is 0 Å². The van der Waals surface area contributed by atoms with Crippen molar-refractivity contribution in [1.82, 2.24) is 0 Å². The van der Waals surface area contributed by atoms with Crippen molar-refractivity contribution in [2.24, 2.45) is 0 Å². The lowest BCUT2D eigenvalue weighted by Crippen LogP contribution is -2.11. The number of rotatable bonds is 5. The Balaban J connectivity index is 1.34. The molecule has 0 saturated carbocycles. The lowest BCUT2D eigenvalue weighted by molar-refractivity contribution is 0.672. The Labute approximate surface area is 244 Å². The number of furan rings is 1. The molecule has 2 nitrogen and oxygen atoms in total. The maximum absolute atomic E-state index is 6.45. The molecule has 0 bridgehead atoms. The van der Waals surface area contributed by atoms with Gasteiger partial charge in [-0.2, -0.15) is 0 Å². The van der Waals surface area contributed by atoms with Crippen LogP contribution in [0, 0.1) is 0 Å². The molecule has 0 aliphatic heterocycles. The first kappa shape index (κ1) is 24.2. The lowest BCUT2D eigenvalue weighted by atomic mass is 10.0. The van der Waals surface area contributed by atoms with E-state index in [9.17, 15) is 0 Å². The fourth-order valence-electron chi connectivity index (χ4n) is 6.02. The van der Waals surface area contributed by atoms with Crippen molar-refractivity contribution in [2.75, 3.05) is 4.90 Å². The van der Waals surface area contributed by atoms with Crippen LogP contribution in [0.2, 0.25) is 0 Å². The van der Waals surface area contributed by atoms with Crippen molar-refractivity contribution in [3.05, 3.63) is 164 Å². The van der Waals surface area contributed by atoms with Crippen molar-refractivity contribution < 1.29 is 4.42 Å². The second-order valence-corrected chi connectivity index (χ2v) is 10.6. The van der Waals surface area contributed by atoms with Crippen LogP contribution in [0.3, 0.4) is 0 Å². The number of nitrogens with zero attached hydrogens (tertiary/aromatic N) is 1. The maximum Gasteiger partial charge on any atom is 0.143 e. The van der Waals surface area contributed by atoms with Gasteiger partial charge in [0.25, 0.3) is 0 Å². The SMILES string of the molecule is c1ccc(-c2ccc(N(c3ccc4oc5c6ccccc6ccc5c4c3)c3ccccc3-c3ccccc3)cc2)cc1. The molecule has 0 N–H and O–H groups in total. The first-order chi connectivity index (χ1) is 20.8. The third-order valence-electron chi connectivity index (χ3n) is 8.07. The van der Waals surface area contributed by atoms with Crippen molar-refractivity contribution in [3.63, 3.8) is 0 Å². The number of anilines is 3. The summed E-state index contributed by atoms with van der Waals surface area (Å²) in [4.78, 5) is 2.36. The van der Waals surface area contributed by atoms with E-state index in [0.717, 1.165) is 44.4 Å². The summed E-state index contributed by atoms with van der Waals surface area (Å²) >= 11 is 0. The van der Waals surface area contributed by atoms with Crippen LogP contribution in [0.25, 0.3) is 55.0 Å². The monoisotopic (exact) mass is 537 g/mol. The highest BCUT2D eigenvalue weighted by atomic mass is 16.3. The zero-order valence-corrected chi connectivity index (χ0v) is 22.9. The number of para-hydroxylation sites is 1. The molecule has 1 aromatic heterocycles. The number of hydrogen-bond donors (Lipinski definition) is 0. The van der Waals surface area contributed by atoms with E-state index >= 15 is 0 Å². The van der Waals surface area contributed by atoms with Crippen LogP contribution in [-0.2, 0) is 0 Å². The van der Waals surface area contributed by atoms with Gasteiger partial charge in [0.2, 0.25) is 0 Å². The maximum atomic E-state index is 6.45. The Morgan fingerprint density at radius 3 is 1.86 bits per heavy atom. The van der Waals surface area contributed by atoms with E-state index in [1.54, 1.807) is 0 Å². The number of hydrogen-bond acceptors (Lipinski definition) is 2. The van der Waals surface area contributed by atoms with Gasteiger partial charge in [-0.3, -0.25) is 0 Å². The zero-order valence-electron chi connectivity index (χ0n) is 22.9. The molecule has 0 atom stereocenters. The Morgan fingerprint density at radius 1 is 0.405 bits per heavy atom. The summed E-state index contributed by atoms with van der Waals surface area (Å²) in [5.41, 5.74) is 9.87. The molecule has 0 aliphatic carbocycles. The zero-order chi connectivity index (χ0) is 27.9. The van der Waals surface area contributed by atoms with Crippen molar-refractivity contribution >= 4 is 49.8 Å². The van der Waals surface area contributed by atoms with E-state index in [-0.39, 0.29) is 0 Å². The molecule has 7 aromatic carbocycles. The van der Waals surface area contributed by atoms with Gasteiger partial charge in [-0.05, 0) is 64.5 Å².